The molecule has 5 heterocycles. The van der Waals surface area contributed by atoms with Gasteiger partial charge in [-0.15, -0.1) is 13.2 Å². The van der Waals surface area contributed by atoms with E-state index in [1.165, 1.54) is 11.5 Å². The van der Waals surface area contributed by atoms with Gasteiger partial charge in [0.2, 0.25) is 0 Å². The van der Waals surface area contributed by atoms with Crippen LogP contribution in [0, 0.1) is 0 Å². The van der Waals surface area contributed by atoms with Gasteiger partial charge in [-0.25, -0.2) is 9.69 Å². The zero-order valence-electron chi connectivity index (χ0n) is 31.3. The number of nitrogens with zero attached hydrogens (tertiary/aromatic N) is 1. The van der Waals surface area contributed by atoms with E-state index in [2.05, 4.69) is 49.6 Å². The van der Waals surface area contributed by atoms with Crippen molar-refractivity contribution >= 4 is 22.8 Å². The Labute approximate surface area is 327 Å². The lowest BCUT2D eigenvalue weighted by Gasteiger charge is -2.50. The molecule has 5 aliphatic heterocycles. The summed E-state index contributed by atoms with van der Waals surface area (Å²) in [4.78, 5) is 28.2. The van der Waals surface area contributed by atoms with Crippen molar-refractivity contribution in [3.8, 4) is 0 Å². The fraction of sp³-hybridized carbons (Fsp3) is 0.422. The second kappa shape index (κ2) is 17.4. The summed E-state index contributed by atoms with van der Waals surface area (Å²) in [7, 11) is 0. The van der Waals surface area contributed by atoms with E-state index in [0.29, 0.717) is 38.9 Å². The molecule has 3 fully saturated rings. The number of aliphatic hydroxyl groups excluding tert-OH is 1. The van der Waals surface area contributed by atoms with Crippen molar-refractivity contribution in [3.05, 3.63) is 134 Å². The Kier molecular flexibility index (Phi) is 11.9. The van der Waals surface area contributed by atoms with Crippen LogP contribution in [0.15, 0.2) is 122 Å². The van der Waals surface area contributed by atoms with Crippen LogP contribution in [0.1, 0.15) is 30.4 Å². The lowest BCUT2D eigenvalue weighted by atomic mass is 9.87. The van der Waals surface area contributed by atoms with Crippen LogP contribution in [-0.4, -0.2) is 108 Å². The predicted octanol–water partition coefficient (Wildman–Crippen LogP) is 5.79. The number of carbonyl (C=O) groups excluding carboxylic acids is 2. The van der Waals surface area contributed by atoms with Crippen LogP contribution in [0.2, 0.25) is 0 Å². The third kappa shape index (κ3) is 8.17. The van der Waals surface area contributed by atoms with Gasteiger partial charge >= 0.3 is 6.09 Å². The average Bonchev–Trinajstić information content (AvgIpc) is 3.33. The maximum Gasteiger partial charge on any atom is 0.417 e. The maximum atomic E-state index is 14.2. The molecule has 0 radical (unpaired) electrons. The first-order valence-corrected chi connectivity index (χ1v) is 19.5. The van der Waals surface area contributed by atoms with Gasteiger partial charge < -0.3 is 38.3 Å². The van der Waals surface area contributed by atoms with Gasteiger partial charge in [-0.1, -0.05) is 103 Å². The van der Waals surface area contributed by atoms with E-state index >= 15 is 0 Å². The standard InChI is InChI=1S/C45H49NO10/c1-3-12-34-35(55-40(33(47)4-2)44(48)46-32(27-52-45(46)49)24-28-13-6-5-7-14-28)20-21-36-38(53-34)25-39-42(56-36)43(41-37(54-39)17-10-11-22-50-41)51-26-29-18-19-30-15-8-9-16-31(30)23-29/h3-11,13-16,18-21,23,32-43,47H,1-2,12,17,22,24-27H2/t32-,33-,34+,35-,36+,37-,38-,39+,40-,41-,42+,43+/m0/s1. The van der Waals surface area contributed by atoms with Crippen LogP contribution >= 0.6 is 0 Å². The molecule has 0 saturated carbocycles. The molecule has 0 aliphatic carbocycles. The molecule has 0 bridgehead atoms. The Morgan fingerprint density at radius 2 is 1.73 bits per heavy atom. The summed E-state index contributed by atoms with van der Waals surface area (Å²) in [5.41, 5.74) is 1.99. The minimum atomic E-state index is -1.47. The van der Waals surface area contributed by atoms with E-state index in [1.807, 2.05) is 60.7 Å². The maximum absolute atomic E-state index is 14.2. The van der Waals surface area contributed by atoms with Gasteiger partial charge in [-0.2, -0.15) is 0 Å². The molecule has 12 atom stereocenters. The molecule has 0 aromatic heterocycles. The highest BCUT2D eigenvalue weighted by atomic mass is 16.6. The van der Waals surface area contributed by atoms with Crippen LogP contribution in [0.3, 0.4) is 0 Å². The van der Waals surface area contributed by atoms with Crippen molar-refractivity contribution < 1.29 is 47.9 Å². The third-order valence-electron chi connectivity index (χ3n) is 11.3. The Hall–Kier alpha value is -4.46. The topological polar surface area (TPSA) is 122 Å². The van der Waals surface area contributed by atoms with Gasteiger partial charge in [-0.3, -0.25) is 4.79 Å². The minimum absolute atomic E-state index is 0.0308. The molecule has 5 aliphatic rings. The number of ether oxygens (including phenoxy) is 7. The van der Waals surface area contributed by atoms with Gasteiger partial charge in [0, 0.05) is 6.42 Å². The summed E-state index contributed by atoms with van der Waals surface area (Å²) >= 11 is 0. The minimum Gasteiger partial charge on any atom is -0.447 e. The number of aliphatic hydroxyl groups is 1. The Balaban J connectivity index is 1.02. The van der Waals surface area contributed by atoms with E-state index in [4.69, 9.17) is 33.2 Å². The smallest absolute Gasteiger partial charge is 0.417 e. The number of cyclic esters (lactones) is 1. The van der Waals surface area contributed by atoms with Crippen LogP contribution in [-0.2, 0) is 51.0 Å². The molecule has 3 aromatic rings. The highest BCUT2D eigenvalue weighted by Gasteiger charge is 2.53. The number of benzene rings is 3. The van der Waals surface area contributed by atoms with Crippen molar-refractivity contribution in [2.45, 2.75) is 105 Å². The first-order valence-electron chi connectivity index (χ1n) is 19.5. The third-order valence-corrected chi connectivity index (χ3v) is 11.3. The molecular formula is C45H49NO10. The highest BCUT2D eigenvalue weighted by Crippen LogP contribution is 2.40. The van der Waals surface area contributed by atoms with E-state index in [9.17, 15) is 14.7 Å². The van der Waals surface area contributed by atoms with Gasteiger partial charge in [0.05, 0.1) is 43.7 Å². The molecule has 1 N–H and O–H groups in total. The van der Waals surface area contributed by atoms with Crippen LogP contribution in [0.4, 0.5) is 4.79 Å². The molecule has 0 spiro atoms. The number of hydrogen-bond acceptors (Lipinski definition) is 10. The monoisotopic (exact) mass is 763 g/mol. The van der Waals surface area contributed by atoms with Crippen molar-refractivity contribution in [1.82, 2.24) is 4.90 Å². The molecule has 294 valence electrons. The number of fused-ring (bicyclic) bond motifs is 4. The SMILES string of the molecule is C=CC[C@H]1O[C@H]2C[C@H]3O[C@H]4CC=CCO[C@@H]4[C@@H](OCc4ccc5ccccc5c4)[C@@H]3O[C@@H]2C=C[C@@H]1O[C@H](C(=O)N1C(=O)OC[C@@H]1Cc1ccccc1)[C@@H](O)C=C. The molecule has 56 heavy (non-hydrogen) atoms. The van der Waals surface area contributed by atoms with Crippen molar-refractivity contribution in [2.24, 2.45) is 0 Å². The van der Waals surface area contributed by atoms with E-state index in [1.54, 1.807) is 6.08 Å². The summed E-state index contributed by atoms with van der Waals surface area (Å²) in [5, 5.41) is 13.4. The quantitative estimate of drug-likeness (QED) is 0.227. The fourth-order valence-corrected chi connectivity index (χ4v) is 8.46. The van der Waals surface area contributed by atoms with Gasteiger partial charge in [0.15, 0.2) is 6.10 Å². The largest absolute Gasteiger partial charge is 0.447 e. The lowest BCUT2D eigenvalue weighted by molar-refractivity contribution is -0.295. The Morgan fingerprint density at radius 1 is 0.911 bits per heavy atom. The second-order valence-electron chi connectivity index (χ2n) is 15.0. The lowest BCUT2D eigenvalue weighted by Crippen LogP contribution is -2.64. The molecule has 0 unspecified atom stereocenters. The van der Waals surface area contributed by atoms with Crippen molar-refractivity contribution in [2.75, 3.05) is 13.2 Å². The van der Waals surface area contributed by atoms with Gasteiger partial charge in [-0.05, 0) is 47.2 Å². The summed E-state index contributed by atoms with van der Waals surface area (Å²) in [6, 6.07) is 23.6. The molecule has 11 heteroatoms. The van der Waals surface area contributed by atoms with E-state index in [-0.39, 0.29) is 24.9 Å². The number of carbonyl (C=O) groups is 2. The van der Waals surface area contributed by atoms with Crippen LogP contribution in [0.5, 0.6) is 0 Å². The Bertz CT molecular complexity index is 1930. The fourth-order valence-electron chi connectivity index (χ4n) is 8.46. The first-order chi connectivity index (χ1) is 27.4. The number of rotatable bonds is 12. The highest BCUT2D eigenvalue weighted by molar-refractivity contribution is 5.96. The normalized spacial score (nSPS) is 32.2. The zero-order chi connectivity index (χ0) is 38.6. The van der Waals surface area contributed by atoms with Crippen LogP contribution in [0.25, 0.3) is 10.8 Å². The van der Waals surface area contributed by atoms with Crippen molar-refractivity contribution in [3.63, 3.8) is 0 Å². The number of amides is 2. The summed E-state index contributed by atoms with van der Waals surface area (Å²) < 4.78 is 45.2. The van der Waals surface area contributed by atoms with Crippen molar-refractivity contribution in [1.29, 1.82) is 0 Å². The summed E-state index contributed by atoms with van der Waals surface area (Å²) in [6.07, 6.45) is 4.89. The van der Waals surface area contributed by atoms with Gasteiger partial charge in [0.1, 0.15) is 43.2 Å². The predicted molar refractivity (Wildman–Crippen MR) is 208 cm³/mol. The molecule has 8 rings (SSSR count). The first kappa shape index (κ1) is 38.4. The van der Waals surface area contributed by atoms with E-state index in [0.717, 1.165) is 21.4 Å². The molecule has 3 aromatic carbocycles. The van der Waals surface area contributed by atoms with Crippen LogP contribution < -0.4 is 0 Å². The van der Waals surface area contributed by atoms with E-state index < -0.39 is 66.9 Å². The number of hydrogen-bond donors (Lipinski definition) is 1. The summed E-state index contributed by atoms with van der Waals surface area (Å²) in [5.74, 6) is -0.720. The molecule has 2 amide bonds. The zero-order valence-corrected chi connectivity index (χ0v) is 31.3. The Morgan fingerprint density at radius 3 is 2.55 bits per heavy atom. The molecule has 11 nitrogen and oxygen atoms in total. The number of imide groups is 1. The molecular weight excluding hydrogens is 714 g/mol. The van der Waals surface area contributed by atoms with Gasteiger partial charge in [0.25, 0.3) is 5.91 Å². The molecule has 3 saturated heterocycles. The second-order valence-corrected chi connectivity index (χ2v) is 15.0. The summed E-state index contributed by atoms with van der Waals surface area (Å²) in [6.45, 7) is 8.52. The average molecular weight is 764 g/mol.